The molecule has 2 aliphatic rings. The summed E-state index contributed by atoms with van der Waals surface area (Å²) in [4.78, 5) is 13.2. The van der Waals surface area contributed by atoms with Gasteiger partial charge in [-0.05, 0) is 71.8 Å². The molecule has 7 nitrogen and oxygen atoms in total. The third-order valence-electron chi connectivity index (χ3n) is 6.17. The Hall–Kier alpha value is -4.49. The van der Waals surface area contributed by atoms with Crippen LogP contribution in [0.1, 0.15) is 17.0 Å². The highest BCUT2D eigenvalue weighted by Crippen LogP contribution is 2.37. The first-order valence-corrected chi connectivity index (χ1v) is 12.2. The summed E-state index contributed by atoms with van der Waals surface area (Å²) in [7, 11) is 0. The van der Waals surface area contributed by atoms with E-state index in [2.05, 4.69) is 5.32 Å². The minimum Gasteiger partial charge on any atom is -0.457 e. The Balaban J connectivity index is 1.19. The Kier molecular flexibility index (Phi) is 6.12. The van der Waals surface area contributed by atoms with E-state index in [0.29, 0.717) is 34.5 Å². The van der Waals surface area contributed by atoms with E-state index in [4.69, 9.17) is 30.9 Å². The zero-order valence-electron chi connectivity index (χ0n) is 19.6. The number of carbonyl (C=O) groups excluding carboxylic acids is 1. The molecule has 184 valence electrons. The Bertz CT molecular complexity index is 1460. The molecule has 0 fully saturated rings. The zero-order valence-corrected chi connectivity index (χ0v) is 20.4. The molecule has 6 rings (SSSR count). The highest BCUT2D eigenvalue weighted by molar-refractivity contribution is 6.30. The van der Waals surface area contributed by atoms with E-state index >= 15 is 0 Å². The van der Waals surface area contributed by atoms with Crippen molar-refractivity contribution in [2.75, 3.05) is 18.7 Å². The summed E-state index contributed by atoms with van der Waals surface area (Å²) in [6.07, 6.45) is 0. The third-order valence-corrected chi connectivity index (χ3v) is 6.42. The fourth-order valence-electron chi connectivity index (χ4n) is 4.32. The summed E-state index contributed by atoms with van der Waals surface area (Å²) in [6, 6.07) is 29.7. The number of nitrogens with zero attached hydrogens (tertiary/aromatic N) is 2. The third kappa shape index (κ3) is 4.94. The molecule has 1 N–H and O–H groups in total. The highest BCUT2D eigenvalue weighted by Gasteiger charge is 2.33. The predicted molar refractivity (Wildman–Crippen MR) is 142 cm³/mol. The summed E-state index contributed by atoms with van der Waals surface area (Å²) in [5.41, 5.74) is 3.42. The molecule has 0 bridgehead atoms. The maximum Gasteiger partial charge on any atom is 0.342 e. The molecule has 1 atom stereocenters. The van der Waals surface area contributed by atoms with Crippen molar-refractivity contribution in [3.05, 3.63) is 113 Å². The second-order valence-corrected chi connectivity index (χ2v) is 9.05. The molecule has 2 amide bonds. The minimum atomic E-state index is -0.317. The van der Waals surface area contributed by atoms with Crippen LogP contribution in [0.5, 0.6) is 23.0 Å². The molecule has 4 aromatic rings. The van der Waals surface area contributed by atoms with Crippen LogP contribution in [0.25, 0.3) is 0 Å². The van der Waals surface area contributed by atoms with E-state index in [1.807, 2.05) is 48.5 Å². The Morgan fingerprint density at radius 1 is 0.892 bits per heavy atom. The van der Waals surface area contributed by atoms with Crippen molar-refractivity contribution < 1.29 is 19.0 Å². The Morgan fingerprint density at radius 3 is 2.35 bits per heavy atom. The minimum absolute atomic E-state index is 0.113. The van der Waals surface area contributed by atoms with E-state index in [9.17, 15) is 4.79 Å². The fraction of sp³-hybridized carbons (Fsp3) is 0.103. The second-order valence-electron chi connectivity index (χ2n) is 8.61. The van der Waals surface area contributed by atoms with Gasteiger partial charge in [0.05, 0.1) is 12.3 Å². The molecular formula is C29H22ClN3O4. The van der Waals surface area contributed by atoms with Gasteiger partial charge in [-0.1, -0.05) is 48.0 Å². The number of rotatable bonds is 5. The fourth-order valence-corrected chi connectivity index (χ4v) is 4.45. The van der Waals surface area contributed by atoms with E-state index in [1.54, 1.807) is 48.5 Å². The lowest BCUT2D eigenvalue weighted by atomic mass is 9.90. The number of fused-ring (bicyclic) bond motifs is 1. The van der Waals surface area contributed by atoms with Gasteiger partial charge in [0.1, 0.15) is 11.5 Å². The molecule has 0 saturated carbocycles. The first-order valence-electron chi connectivity index (χ1n) is 11.8. The summed E-state index contributed by atoms with van der Waals surface area (Å²) < 4.78 is 16.9. The van der Waals surface area contributed by atoms with Gasteiger partial charge >= 0.3 is 6.03 Å². The SMILES string of the molecule is O=C(Nc1ccc(Oc2ccc(Cl)cc2)cc1)N1CC(c2ccc3c(c2)OCO3)C(c2ccccc2)=N1. The number of urea groups is 1. The molecule has 4 aromatic carbocycles. The van der Waals surface area contributed by atoms with Gasteiger partial charge in [0.25, 0.3) is 0 Å². The second kappa shape index (κ2) is 9.87. The van der Waals surface area contributed by atoms with Crippen molar-refractivity contribution in [1.29, 1.82) is 0 Å². The smallest absolute Gasteiger partial charge is 0.342 e. The molecule has 8 heteroatoms. The van der Waals surface area contributed by atoms with Crippen molar-refractivity contribution >= 4 is 29.0 Å². The molecule has 37 heavy (non-hydrogen) atoms. The quantitative estimate of drug-likeness (QED) is 0.316. The number of hydrogen-bond donors (Lipinski definition) is 1. The number of ether oxygens (including phenoxy) is 3. The number of carbonyl (C=O) groups is 1. The molecular weight excluding hydrogens is 490 g/mol. The summed E-state index contributed by atoms with van der Waals surface area (Å²) in [5, 5.41) is 9.76. The zero-order chi connectivity index (χ0) is 25.2. The lowest BCUT2D eigenvalue weighted by molar-refractivity contribution is 0.174. The van der Waals surface area contributed by atoms with Gasteiger partial charge in [-0.25, -0.2) is 9.80 Å². The summed E-state index contributed by atoms with van der Waals surface area (Å²) >= 11 is 5.93. The number of benzene rings is 4. The first kappa shape index (κ1) is 22.9. The van der Waals surface area contributed by atoms with E-state index < -0.39 is 0 Å². The van der Waals surface area contributed by atoms with Gasteiger partial charge < -0.3 is 19.5 Å². The molecule has 0 saturated heterocycles. The number of halogens is 1. The standard InChI is InChI=1S/C29H22ClN3O4/c30-21-7-11-23(12-8-21)37-24-13-9-22(10-14-24)31-29(34)33-17-25(28(32-33)19-4-2-1-3-5-19)20-6-15-26-27(16-20)36-18-35-26/h1-16,25H,17-18H2,(H,31,34). The molecule has 2 aliphatic heterocycles. The van der Waals surface area contributed by atoms with Crippen molar-refractivity contribution in [2.45, 2.75) is 5.92 Å². The largest absolute Gasteiger partial charge is 0.457 e. The van der Waals surface area contributed by atoms with Crippen LogP contribution in [-0.2, 0) is 0 Å². The van der Waals surface area contributed by atoms with Crippen LogP contribution in [0.2, 0.25) is 5.02 Å². The van der Waals surface area contributed by atoms with E-state index in [1.165, 1.54) is 5.01 Å². The van der Waals surface area contributed by atoms with Crippen LogP contribution < -0.4 is 19.5 Å². The van der Waals surface area contributed by atoms with Crippen LogP contribution in [0.4, 0.5) is 10.5 Å². The van der Waals surface area contributed by atoms with Gasteiger partial charge in [0.2, 0.25) is 6.79 Å². The number of anilines is 1. The average molecular weight is 512 g/mol. The molecule has 0 radical (unpaired) electrons. The number of hydrogen-bond acceptors (Lipinski definition) is 5. The summed E-state index contributed by atoms with van der Waals surface area (Å²) in [6.45, 7) is 0.606. The van der Waals surface area contributed by atoms with Crippen LogP contribution in [0, 0.1) is 0 Å². The van der Waals surface area contributed by atoms with Crippen LogP contribution in [-0.4, -0.2) is 30.1 Å². The predicted octanol–water partition coefficient (Wildman–Crippen LogP) is 6.90. The van der Waals surface area contributed by atoms with Gasteiger partial charge in [0, 0.05) is 16.6 Å². The normalized spacial score (nSPS) is 15.9. The summed E-state index contributed by atoms with van der Waals surface area (Å²) in [5.74, 6) is 2.63. The number of amides is 2. The van der Waals surface area contributed by atoms with E-state index in [-0.39, 0.29) is 18.7 Å². The maximum atomic E-state index is 13.2. The van der Waals surface area contributed by atoms with Crippen molar-refractivity contribution in [2.24, 2.45) is 5.10 Å². The van der Waals surface area contributed by atoms with Gasteiger partial charge in [0.15, 0.2) is 11.5 Å². The van der Waals surface area contributed by atoms with Crippen LogP contribution in [0.15, 0.2) is 102 Å². The van der Waals surface area contributed by atoms with Crippen molar-refractivity contribution in [3.8, 4) is 23.0 Å². The molecule has 1 unspecified atom stereocenters. The molecule has 2 heterocycles. The Morgan fingerprint density at radius 2 is 1.59 bits per heavy atom. The molecule has 0 aliphatic carbocycles. The molecule has 0 aromatic heterocycles. The van der Waals surface area contributed by atoms with Gasteiger partial charge in [-0.3, -0.25) is 0 Å². The lowest BCUT2D eigenvalue weighted by Gasteiger charge is -2.16. The van der Waals surface area contributed by atoms with Crippen molar-refractivity contribution in [3.63, 3.8) is 0 Å². The Labute approximate surface area is 218 Å². The van der Waals surface area contributed by atoms with Crippen LogP contribution in [0.3, 0.4) is 0 Å². The monoisotopic (exact) mass is 511 g/mol. The first-order chi connectivity index (χ1) is 18.1. The van der Waals surface area contributed by atoms with Gasteiger partial charge in [-0.2, -0.15) is 5.10 Å². The van der Waals surface area contributed by atoms with Gasteiger partial charge in [-0.15, -0.1) is 0 Å². The number of hydrazone groups is 1. The van der Waals surface area contributed by atoms with Crippen LogP contribution >= 0.6 is 11.6 Å². The lowest BCUT2D eigenvalue weighted by Crippen LogP contribution is -2.30. The molecule has 0 spiro atoms. The maximum absolute atomic E-state index is 13.2. The topological polar surface area (TPSA) is 72.4 Å². The highest BCUT2D eigenvalue weighted by atomic mass is 35.5. The number of nitrogens with one attached hydrogen (secondary N) is 1. The average Bonchev–Trinajstić information content (AvgIpc) is 3.59. The van der Waals surface area contributed by atoms with Crippen molar-refractivity contribution in [1.82, 2.24) is 5.01 Å². The van der Waals surface area contributed by atoms with E-state index in [0.717, 1.165) is 22.6 Å².